The second-order valence-electron chi connectivity index (χ2n) is 5.37. The maximum Gasteiger partial charge on any atom is 0.335 e. The summed E-state index contributed by atoms with van der Waals surface area (Å²) in [6, 6.07) is 14.2. The predicted molar refractivity (Wildman–Crippen MR) is 96.3 cm³/mol. The summed E-state index contributed by atoms with van der Waals surface area (Å²) in [7, 11) is 7.62. The van der Waals surface area contributed by atoms with E-state index >= 15 is 0 Å². The first kappa shape index (κ1) is 18.9. The van der Waals surface area contributed by atoms with Gasteiger partial charge in [0.2, 0.25) is 6.08 Å². The normalized spacial score (nSPS) is 9.17. The summed E-state index contributed by atoms with van der Waals surface area (Å²) in [5.41, 5.74) is 2.87. The molecule has 0 spiro atoms. The van der Waals surface area contributed by atoms with Crippen molar-refractivity contribution in [3.05, 3.63) is 54.1 Å². The van der Waals surface area contributed by atoms with Crippen molar-refractivity contribution in [3.63, 3.8) is 0 Å². The Balaban J connectivity index is 0.000000240. The van der Waals surface area contributed by atoms with E-state index in [1.54, 1.807) is 24.3 Å². The van der Waals surface area contributed by atoms with Crippen LogP contribution in [0.15, 0.2) is 53.5 Å². The van der Waals surface area contributed by atoms with Crippen molar-refractivity contribution in [2.24, 2.45) is 4.99 Å². The van der Waals surface area contributed by atoms with Gasteiger partial charge in [-0.3, -0.25) is 0 Å². The van der Waals surface area contributed by atoms with Crippen molar-refractivity contribution in [2.45, 2.75) is 0 Å². The van der Waals surface area contributed by atoms with Crippen molar-refractivity contribution in [1.29, 1.82) is 0 Å². The molecule has 0 aliphatic heterocycles. The van der Waals surface area contributed by atoms with Gasteiger partial charge in [0.05, 0.1) is 11.3 Å². The molecule has 2 aromatic carbocycles. The fourth-order valence-corrected chi connectivity index (χ4v) is 1.81. The Labute approximate surface area is 141 Å². The molecular weight excluding hydrogens is 306 g/mol. The van der Waals surface area contributed by atoms with Crippen LogP contribution >= 0.6 is 0 Å². The van der Waals surface area contributed by atoms with Crippen molar-refractivity contribution >= 4 is 29.1 Å². The molecule has 2 aromatic rings. The minimum Gasteiger partial charge on any atom is -0.478 e. The standard InChI is InChI=1S/C9H10N2O.C9H11NO2/c1-11(2)9-5-3-4-8(6-9)10-7-12;1-10(2)8-5-3-4-7(6-8)9(11)12/h3-6H,1-2H3;3-6H,1-2H3,(H,11,12). The quantitative estimate of drug-likeness (QED) is 0.690. The lowest BCUT2D eigenvalue weighted by Crippen LogP contribution is -2.09. The fraction of sp³-hybridized carbons (Fsp3) is 0.222. The van der Waals surface area contributed by atoms with Gasteiger partial charge >= 0.3 is 5.97 Å². The third-order valence-corrected chi connectivity index (χ3v) is 3.13. The molecule has 126 valence electrons. The third kappa shape index (κ3) is 5.94. The molecule has 0 fully saturated rings. The summed E-state index contributed by atoms with van der Waals surface area (Å²) in [6.45, 7) is 0. The van der Waals surface area contributed by atoms with E-state index in [9.17, 15) is 9.59 Å². The molecule has 0 radical (unpaired) electrons. The Morgan fingerprint density at radius 1 is 0.958 bits per heavy atom. The molecule has 0 saturated carbocycles. The molecule has 0 aliphatic carbocycles. The molecule has 0 unspecified atom stereocenters. The topological polar surface area (TPSA) is 73.2 Å². The Morgan fingerprint density at radius 3 is 2.00 bits per heavy atom. The first-order valence-corrected chi connectivity index (χ1v) is 7.21. The zero-order valence-electron chi connectivity index (χ0n) is 14.2. The van der Waals surface area contributed by atoms with Gasteiger partial charge in [-0.1, -0.05) is 12.1 Å². The summed E-state index contributed by atoms with van der Waals surface area (Å²) in [6.07, 6.45) is 1.51. The number of hydrogen-bond donors (Lipinski definition) is 1. The van der Waals surface area contributed by atoms with E-state index < -0.39 is 5.97 Å². The zero-order valence-corrected chi connectivity index (χ0v) is 14.2. The van der Waals surface area contributed by atoms with E-state index in [2.05, 4.69) is 4.99 Å². The van der Waals surface area contributed by atoms with Crippen LogP contribution in [0.5, 0.6) is 0 Å². The van der Waals surface area contributed by atoms with Crippen LogP contribution in [0.4, 0.5) is 17.1 Å². The number of rotatable bonds is 4. The number of isocyanates is 1. The molecule has 0 saturated heterocycles. The number of hydrogen-bond acceptors (Lipinski definition) is 5. The molecule has 6 heteroatoms. The van der Waals surface area contributed by atoms with Crippen molar-refractivity contribution in [3.8, 4) is 0 Å². The molecule has 0 aliphatic rings. The highest BCUT2D eigenvalue weighted by Gasteiger charge is 2.03. The number of carbonyl (C=O) groups is 1. The van der Waals surface area contributed by atoms with Crippen LogP contribution in [0.25, 0.3) is 0 Å². The van der Waals surface area contributed by atoms with Gasteiger partial charge in [0.1, 0.15) is 0 Å². The average Bonchev–Trinajstić information content (AvgIpc) is 2.56. The summed E-state index contributed by atoms with van der Waals surface area (Å²) >= 11 is 0. The number of carboxylic acid groups (broad SMARTS) is 1. The smallest absolute Gasteiger partial charge is 0.335 e. The largest absolute Gasteiger partial charge is 0.478 e. The number of benzene rings is 2. The number of carboxylic acids is 1. The van der Waals surface area contributed by atoms with E-state index in [4.69, 9.17) is 5.11 Å². The van der Waals surface area contributed by atoms with Gasteiger partial charge in [0.25, 0.3) is 0 Å². The van der Waals surface area contributed by atoms with Gasteiger partial charge in [-0.25, -0.2) is 9.59 Å². The monoisotopic (exact) mass is 327 g/mol. The SMILES string of the molecule is CN(C)c1cccc(C(=O)O)c1.CN(C)c1cccc(N=C=O)c1. The summed E-state index contributed by atoms with van der Waals surface area (Å²) < 4.78 is 0. The van der Waals surface area contributed by atoms with E-state index in [0.29, 0.717) is 11.3 Å². The summed E-state index contributed by atoms with van der Waals surface area (Å²) in [5.74, 6) is -0.890. The Morgan fingerprint density at radius 2 is 1.50 bits per heavy atom. The summed E-state index contributed by atoms with van der Waals surface area (Å²) in [4.78, 5) is 27.8. The first-order valence-electron chi connectivity index (χ1n) is 7.21. The maximum absolute atomic E-state index is 10.6. The van der Waals surface area contributed by atoms with E-state index in [0.717, 1.165) is 11.4 Å². The van der Waals surface area contributed by atoms with E-state index in [1.807, 2.05) is 62.3 Å². The molecule has 0 amide bonds. The number of aromatic carboxylic acids is 1. The zero-order chi connectivity index (χ0) is 18.1. The molecule has 0 atom stereocenters. The molecule has 24 heavy (non-hydrogen) atoms. The van der Waals surface area contributed by atoms with Gasteiger partial charge < -0.3 is 14.9 Å². The van der Waals surface area contributed by atoms with Gasteiger partial charge in [-0.05, 0) is 36.4 Å². The first-order chi connectivity index (χ1) is 11.3. The lowest BCUT2D eigenvalue weighted by Gasteiger charge is -2.12. The fourth-order valence-electron chi connectivity index (χ4n) is 1.81. The minimum atomic E-state index is -0.890. The molecule has 0 aromatic heterocycles. The second kappa shape index (κ2) is 9.12. The third-order valence-electron chi connectivity index (χ3n) is 3.13. The minimum absolute atomic E-state index is 0.321. The van der Waals surface area contributed by atoms with E-state index in [-0.39, 0.29) is 0 Å². The molecule has 2 rings (SSSR count). The predicted octanol–water partition coefficient (Wildman–Crippen LogP) is 3.17. The lowest BCUT2D eigenvalue weighted by atomic mass is 10.2. The van der Waals surface area contributed by atoms with Crippen LogP contribution in [-0.4, -0.2) is 45.3 Å². The molecule has 6 nitrogen and oxygen atoms in total. The number of carbonyl (C=O) groups excluding carboxylic acids is 1. The lowest BCUT2D eigenvalue weighted by molar-refractivity contribution is 0.0697. The Hall–Kier alpha value is -3.11. The van der Waals surface area contributed by atoms with Crippen LogP contribution in [-0.2, 0) is 4.79 Å². The van der Waals surface area contributed by atoms with Crippen molar-refractivity contribution in [2.75, 3.05) is 38.0 Å². The van der Waals surface area contributed by atoms with E-state index in [1.165, 1.54) is 6.08 Å². The van der Waals surface area contributed by atoms with Crippen LogP contribution < -0.4 is 9.80 Å². The van der Waals surface area contributed by atoms with Gasteiger partial charge in [0, 0.05) is 39.6 Å². The van der Waals surface area contributed by atoms with Gasteiger partial charge in [-0.15, -0.1) is 0 Å². The number of anilines is 2. The molecule has 0 heterocycles. The van der Waals surface area contributed by atoms with Crippen molar-refractivity contribution in [1.82, 2.24) is 0 Å². The highest BCUT2D eigenvalue weighted by atomic mass is 16.4. The van der Waals surface area contributed by atoms with Crippen molar-refractivity contribution < 1.29 is 14.7 Å². The highest BCUT2D eigenvalue weighted by molar-refractivity contribution is 5.88. The van der Waals surface area contributed by atoms with Gasteiger partial charge in [0.15, 0.2) is 0 Å². The van der Waals surface area contributed by atoms with Gasteiger partial charge in [-0.2, -0.15) is 4.99 Å². The Bertz CT molecular complexity index is 686. The number of nitrogens with zero attached hydrogens (tertiary/aromatic N) is 3. The highest BCUT2D eigenvalue weighted by Crippen LogP contribution is 2.18. The number of aliphatic imine (C=N–C) groups is 1. The Kier molecular flexibility index (Phi) is 7.20. The molecule has 1 N–H and O–H groups in total. The molecular formula is C18H21N3O3. The average molecular weight is 327 g/mol. The second-order valence-corrected chi connectivity index (χ2v) is 5.37. The maximum atomic E-state index is 10.6. The van der Waals surface area contributed by atoms with Crippen LogP contribution in [0.1, 0.15) is 10.4 Å². The van der Waals surface area contributed by atoms with Crippen LogP contribution in [0, 0.1) is 0 Å². The van der Waals surface area contributed by atoms with Crippen LogP contribution in [0.2, 0.25) is 0 Å². The molecule has 0 bridgehead atoms. The van der Waals surface area contributed by atoms with Crippen LogP contribution in [0.3, 0.4) is 0 Å². The summed E-state index contributed by atoms with van der Waals surface area (Å²) in [5, 5.41) is 8.67.